The van der Waals surface area contributed by atoms with Gasteiger partial charge >= 0.3 is 0 Å². The summed E-state index contributed by atoms with van der Waals surface area (Å²) in [5.74, 6) is 0. The summed E-state index contributed by atoms with van der Waals surface area (Å²) >= 11 is 0. The van der Waals surface area contributed by atoms with Gasteiger partial charge in [-0.25, -0.2) is 0 Å². The topological polar surface area (TPSA) is 26.2 Å². The summed E-state index contributed by atoms with van der Waals surface area (Å²) in [6, 6.07) is 172. The van der Waals surface area contributed by atoms with Crippen molar-refractivity contribution < 1.29 is 0 Å². The number of rotatable bonds is 12. The number of aromatic nitrogens is 4. The molecule has 0 amide bonds. The van der Waals surface area contributed by atoms with Crippen LogP contribution in [0.4, 0.5) is 34.1 Å². The maximum Gasteiger partial charge on any atom is 0.0620 e. The van der Waals surface area contributed by atoms with E-state index >= 15 is 0 Å². The van der Waals surface area contributed by atoms with E-state index in [1.54, 1.807) is 0 Å². The fraction of sp³-hybridized carbons (Fsp3) is 0. The largest absolute Gasteiger partial charge is 0.309 e. The van der Waals surface area contributed by atoms with E-state index in [9.17, 15) is 0 Å². The van der Waals surface area contributed by atoms with Crippen LogP contribution in [0, 0.1) is 0 Å². The molecule has 0 saturated heterocycles. The minimum absolute atomic E-state index is 1.02. The normalized spacial score (nSPS) is 12.1. The fourth-order valence-electron chi connectivity index (χ4n) is 21.8. The van der Waals surface area contributed by atoms with Crippen LogP contribution in [-0.2, 0) is 0 Å². The van der Waals surface area contributed by atoms with Gasteiger partial charge in [-0.05, 0) is 232 Å². The maximum atomic E-state index is 2.56. The van der Waals surface area contributed by atoms with Crippen LogP contribution >= 0.6 is 0 Å². The molecule has 0 saturated carbocycles. The summed E-state index contributed by atoms with van der Waals surface area (Å²) in [6.45, 7) is 0. The Morgan fingerprint density at radius 3 is 0.648 bits per heavy atom. The molecule has 6 heteroatoms. The summed E-state index contributed by atoms with van der Waals surface area (Å²) < 4.78 is 9.85. The molecule has 0 aliphatic carbocycles. The highest BCUT2D eigenvalue weighted by Crippen LogP contribution is 2.55. The average molecular weight is 1630 g/mol. The molecular formula is C122H76N6. The van der Waals surface area contributed by atoms with E-state index in [4.69, 9.17) is 0 Å². The Hall–Kier alpha value is -17.1. The standard InChI is InChI=1S/C122H76N6/c1-5-29-81(30-6-1)125-113-51-27-25-45-97(113)99-65-57-79(69-115(99)125)77-53-59-85(60-54-77)123(87-63-67-101-111-73-107-93-41-17-13-37-89(93)91-39-15-19-43-95(91)109(107)75-119(111)127(117(101)71-87)83-33-9-3-10-34-83)121-103-47-21-23-49-105(103)122(106-50-24-22-48-104(106)121)124(86-61-55-78(56-62-86)80-58-66-100-98-46-26-28-52-114(98)126(116(100)70-80)82-31-7-2-8-32-82)88-64-68-102-112-74-108-94-42-18-14-38-90(94)92-40-16-20-44-96(92)110(108)76-120(112)128(118(102)72-88)84-35-11-4-12-36-84/h1-76H. The van der Waals surface area contributed by atoms with Gasteiger partial charge in [-0.1, -0.05) is 315 Å². The van der Waals surface area contributed by atoms with Crippen LogP contribution in [0.15, 0.2) is 461 Å². The van der Waals surface area contributed by atoms with Crippen LogP contribution in [0.25, 0.3) is 218 Å². The van der Waals surface area contributed by atoms with Crippen LogP contribution in [0.5, 0.6) is 0 Å². The summed E-state index contributed by atoms with van der Waals surface area (Å²) in [5.41, 5.74) is 24.4. The van der Waals surface area contributed by atoms with Crippen molar-refractivity contribution in [2.45, 2.75) is 0 Å². The molecule has 0 spiro atoms. The number of para-hydroxylation sites is 6. The van der Waals surface area contributed by atoms with Gasteiger partial charge in [0.05, 0.1) is 55.5 Å². The molecule has 0 unspecified atom stereocenters. The highest BCUT2D eigenvalue weighted by Gasteiger charge is 2.30. The van der Waals surface area contributed by atoms with Crippen molar-refractivity contribution in [3.8, 4) is 45.0 Å². The zero-order valence-electron chi connectivity index (χ0n) is 69.6. The first kappa shape index (κ1) is 71.5. The minimum Gasteiger partial charge on any atom is -0.309 e. The third-order valence-electron chi connectivity index (χ3n) is 27.4. The van der Waals surface area contributed by atoms with E-state index in [0.29, 0.717) is 0 Å². The molecule has 0 radical (unpaired) electrons. The SMILES string of the molecule is c1ccc(-n2c3ccccc3c3ccc(-c4ccc(N(c5ccc6c7cc8c9ccccc9c9ccccc9c8cc7n(-c7ccccc7)c6c5)c5c6ccccc6c(N(c6ccc(-c7ccc8c9ccccc9n(-c9ccccc9)c8c7)cc6)c6ccc7c8cc9c%10ccccc%10c%10ccccc%10c9cc8n(-c8ccccc8)c7c6)c6ccccc56)cc4)cc32)cc1. The van der Waals surface area contributed by atoms with Crippen molar-refractivity contribution >= 4 is 208 Å². The molecule has 0 atom stereocenters. The van der Waals surface area contributed by atoms with Crippen LogP contribution in [0.1, 0.15) is 0 Å². The van der Waals surface area contributed by atoms with Crippen LogP contribution < -0.4 is 9.80 Å². The number of fused-ring (bicyclic) bond motifs is 26. The highest BCUT2D eigenvalue weighted by atomic mass is 15.2. The Morgan fingerprint density at radius 2 is 0.328 bits per heavy atom. The summed E-state index contributed by atoms with van der Waals surface area (Å²) in [6.07, 6.45) is 0. The van der Waals surface area contributed by atoms with Crippen molar-refractivity contribution in [2.75, 3.05) is 9.80 Å². The first-order valence-corrected chi connectivity index (χ1v) is 44.2. The molecule has 0 aliphatic heterocycles. The van der Waals surface area contributed by atoms with Gasteiger partial charge in [-0.3, -0.25) is 0 Å². The van der Waals surface area contributed by atoms with E-state index in [1.807, 2.05) is 0 Å². The van der Waals surface area contributed by atoms with E-state index in [2.05, 4.69) is 489 Å². The van der Waals surface area contributed by atoms with Crippen LogP contribution in [0.2, 0.25) is 0 Å². The van der Waals surface area contributed by atoms with Gasteiger partial charge in [0.25, 0.3) is 0 Å². The van der Waals surface area contributed by atoms with Crippen molar-refractivity contribution in [2.24, 2.45) is 0 Å². The predicted molar refractivity (Wildman–Crippen MR) is 544 cm³/mol. The van der Waals surface area contributed by atoms with Crippen LogP contribution in [0.3, 0.4) is 0 Å². The molecule has 0 bridgehead atoms. The number of nitrogens with zero attached hydrogens (tertiary/aromatic N) is 6. The quantitative estimate of drug-likeness (QED) is 0.0692. The van der Waals surface area contributed by atoms with Gasteiger partial charge in [0.2, 0.25) is 0 Å². The van der Waals surface area contributed by atoms with E-state index in [1.165, 1.54) is 119 Å². The third-order valence-corrected chi connectivity index (χ3v) is 27.4. The van der Waals surface area contributed by atoms with Gasteiger partial charge in [0.1, 0.15) is 0 Å². The molecule has 27 aromatic rings. The second kappa shape index (κ2) is 28.2. The van der Waals surface area contributed by atoms with E-state index in [-0.39, 0.29) is 0 Å². The molecule has 27 rings (SSSR count). The number of hydrogen-bond donors (Lipinski definition) is 0. The molecule has 0 aliphatic rings. The lowest BCUT2D eigenvalue weighted by Crippen LogP contribution is -2.15. The number of benzene rings is 23. The van der Waals surface area contributed by atoms with Gasteiger partial charge in [0, 0.05) is 110 Å². The fourth-order valence-corrected chi connectivity index (χ4v) is 21.8. The highest BCUT2D eigenvalue weighted by molar-refractivity contribution is 6.32. The molecule has 594 valence electrons. The van der Waals surface area contributed by atoms with E-state index in [0.717, 1.165) is 134 Å². The molecular weight excluding hydrogens is 1550 g/mol. The van der Waals surface area contributed by atoms with Crippen molar-refractivity contribution in [3.05, 3.63) is 461 Å². The lowest BCUT2D eigenvalue weighted by atomic mass is 9.93. The average Bonchev–Trinajstić information content (AvgIpc) is 1.59. The van der Waals surface area contributed by atoms with E-state index < -0.39 is 0 Å². The zero-order valence-corrected chi connectivity index (χ0v) is 69.6. The Bertz CT molecular complexity index is 8710. The Kier molecular flexibility index (Phi) is 15.8. The Morgan fingerprint density at radius 1 is 0.117 bits per heavy atom. The van der Waals surface area contributed by atoms with Gasteiger partial charge in [0.15, 0.2) is 0 Å². The van der Waals surface area contributed by atoms with Crippen molar-refractivity contribution in [1.82, 2.24) is 18.3 Å². The zero-order chi connectivity index (χ0) is 83.8. The first-order valence-electron chi connectivity index (χ1n) is 44.2. The van der Waals surface area contributed by atoms with Gasteiger partial charge < -0.3 is 28.1 Å². The first-order chi connectivity index (χ1) is 63.5. The van der Waals surface area contributed by atoms with Crippen LogP contribution in [-0.4, -0.2) is 18.3 Å². The summed E-state index contributed by atoms with van der Waals surface area (Å²) in [7, 11) is 0. The van der Waals surface area contributed by atoms with Crippen molar-refractivity contribution in [3.63, 3.8) is 0 Å². The third kappa shape index (κ3) is 10.8. The minimum atomic E-state index is 1.02. The molecule has 23 aromatic carbocycles. The lowest BCUT2D eigenvalue weighted by molar-refractivity contribution is 1.18. The van der Waals surface area contributed by atoms with Crippen molar-refractivity contribution in [1.29, 1.82) is 0 Å². The lowest BCUT2D eigenvalue weighted by Gasteiger charge is -2.33. The Balaban J connectivity index is 0.709. The molecule has 6 nitrogen and oxygen atoms in total. The summed E-state index contributed by atoms with van der Waals surface area (Å²) in [4.78, 5) is 5.12. The molecule has 128 heavy (non-hydrogen) atoms. The number of anilines is 6. The second-order valence-electron chi connectivity index (χ2n) is 34.2. The van der Waals surface area contributed by atoms with Gasteiger partial charge in [-0.2, -0.15) is 0 Å². The molecule has 0 N–H and O–H groups in total. The Labute approximate surface area is 736 Å². The van der Waals surface area contributed by atoms with Gasteiger partial charge in [-0.15, -0.1) is 0 Å². The molecule has 4 aromatic heterocycles. The molecule has 4 heterocycles. The molecule has 0 fully saturated rings. The number of hydrogen-bond acceptors (Lipinski definition) is 2. The predicted octanol–water partition coefficient (Wildman–Crippen LogP) is 33.6. The maximum absolute atomic E-state index is 2.56. The smallest absolute Gasteiger partial charge is 0.0620 e. The summed E-state index contributed by atoms with van der Waals surface area (Å²) in [5, 5.41) is 28.9. The monoisotopic (exact) mass is 1620 g/mol. The second-order valence-corrected chi connectivity index (χ2v) is 34.2.